The molecule has 4 rings (SSSR count). The predicted molar refractivity (Wildman–Crippen MR) is 127 cm³/mol. The van der Waals surface area contributed by atoms with Gasteiger partial charge in [0.1, 0.15) is 0 Å². The smallest absolute Gasteiger partial charge is 0.234 e. The number of carbonyl (C=O) groups excluding carboxylic acids is 1. The second kappa shape index (κ2) is 10.2. The standard InChI is InChI=1S/C25H29N3O2S/c1-3-19-12-7-9-18(2)24(19)27-23(29)17-31-25-26-15-22(20-10-5-4-6-11-20)28(25)16-21-13-8-14-30-21/h4-7,9-12,15,21H,3,8,13-14,16-17H2,1-2H3,(H,27,29). The third-order valence-corrected chi connectivity index (χ3v) is 6.63. The maximum atomic E-state index is 12.7. The maximum absolute atomic E-state index is 12.7. The average molecular weight is 436 g/mol. The summed E-state index contributed by atoms with van der Waals surface area (Å²) in [6.45, 7) is 5.71. The number of ether oxygens (including phenoxy) is 1. The number of hydrogen-bond donors (Lipinski definition) is 1. The Kier molecular flexibility index (Phi) is 7.10. The molecule has 1 aliphatic heterocycles. The zero-order valence-electron chi connectivity index (χ0n) is 18.1. The fraction of sp³-hybridized carbons (Fsp3) is 0.360. The molecule has 0 saturated carbocycles. The summed E-state index contributed by atoms with van der Waals surface area (Å²) in [7, 11) is 0. The van der Waals surface area contributed by atoms with E-state index in [1.807, 2.05) is 43.5 Å². The molecule has 5 nitrogen and oxygen atoms in total. The summed E-state index contributed by atoms with van der Waals surface area (Å²) in [5.74, 6) is 0.302. The van der Waals surface area contributed by atoms with E-state index in [4.69, 9.17) is 4.74 Å². The number of anilines is 1. The van der Waals surface area contributed by atoms with Gasteiger partial charge in [0.2, 0.25) is 5.91 Å². The summed E-state index contributed by atoms with van der Waals surface area (Å²) in [6.07, 6.45) is 5.15. The molecule has 2 heterocycles. The van der Waals surface area contributed by atoms with Gasteiger partial charge in [0.25, 0.3) is 0 Å². The first-order chi connectivity index (χ1) is 15.2. The Morgan fingerprint density at radius 1 is 1.23 bits per heavy atom. The number of carbonyl (C=O) groups is 1. The van der Waals surface area contributed by atoms with Crippen LogP contribution in [0.4, 0.5) is 5.69 Å². The Hall–Kier alpha value is -2.57. The molecule has 0 radical (unpaired) electrons. The van der Waals surface area contributed by atoms with Gasteiger partial charge in [-0.25, -0.2) is 4.98 Å². The van der Waals surface area contributed by atoms with Gasteiger partial charge in [-0.1, -0.05) is 67.2 Å². The largest absolute Gasteiger partial charge is 0.376 e. The zero-order valence-corrected chi connectivity index (χ0v) is 19.0. The van der Waals surface area contributed by atoms with E-state index >= 15 is 0 Å². The van der Waals surface area contributed by atoms with Gasteiger partial charge in [-0.15, -0.1) is 0 Å². The number of aryl methyl sites for hydroxylation is 2. The molecular formula is C25H29N3O2S. The Balaban J connectivity index is 1.50. The highest BCUT2D eigenvalue weighted by molar-refractivity contribution is 7.99. The second-order valence-corrected chi connectivity index (χ2v) is 8.78. The van der Waals surface area contributed by atoms with Crippen molar-refractivity contribution in [3.05, 3.63) is 65.9 Å². The van der Waals surface area contributed by atoms with Gasteiger partial charge in [0.15, 0.2) is 5.16 Å². The van der Waals surface area contributed by atoms with E-state index in [-0.39, 0.29) is 12.0 Å². The van der Waals surface area contributed by atoms with Crippen molar-refractivity contribution in [3.8, 4) is 11.3 Å². The summed E-state index contributed by atoms with van der Waals surface area (Å²) in [5.41, 5.74) is 5.36. The number of para-hydroxylation sites is 1. The van der Waals surface area contributed by atoms with Crippen LogP contribution in [0.3, 0.4) is 0 Å². The molecule has 1 unspecified atom stereocenters. The van der Waals surface area contributed by atoms with E-state index in [9.17, 15) is 4.79 Å². The lowest BCUT2D eigenvalue weighted by molar-refractivity contribution is -0.113. The van der Waals surface area contributed by atoms with Crippen molar-refractivity contribution in [2.45, 2.75) is 50.9 Å². The van der Waals surface area contributed by atoms with Crippen molar-refractivity contribution < 1.29 is 9.53 Å². The molecular weight excluding hydrogens is 406 g/mol. The van der Waals surface area contributed by atoms with Crippen LogP contribution in [-0.4, -0.2) is 33.9 Å². The third-order valence-electron chi connectivity index (χ3n) is 5.64. The van der Waals surface area contributed by atoms with E-state index in [1.54, 1.807) is 0 Å². The van der Waals surface area contributed by atoms with Gasteiger partial charge in [0, 0.05) is 12.3 Å². The fourth-order valence-electron chi connectivity index (χ4n) is 3.99. The monoisotopic (exact) mass is 435 g/mol. The molecule has 3 aromatic rings. The lowest BCUT2D eigenvalue weighted by Gasteiger charge is -2.16. The molecule has 2 aromatic carbocycles. The SMILES string of the molecule is CCc1cccc(C)c1NC(=O)CSc1ncc(-c2ccccc2)n1CC1CCCO1. The van der Waals surface area contributed by atoms with Crippen LogP contribution >= 0.6 is 11.8 Å². The Morgan fingerprint density at radius 2 is 2.06 bits per heavy atom. The lowest BCUT2D eigenvalue weighted by Crippen LogP contribution is -2.18. The van der Waals surface area contributed by atoms with Crippen LogP contribution in [-0.2, 0) is 22.5 Å². The number of hydrogen-bond acceptors (Lipinski definition) is 4. The molecule has 0 aliphatic carbocycles. The molecule has 162 valence electrons. The van der Waals surface area contributed by atoms with Crippen LogP contribution in [0.25, 0.3) is 11.3 Å². The van der Waals surface area contributed by atoms with Gasteiger partial charge in [0.05, 0.1) is 30.3 Å². The zero-order chi connectivity index (χ0) is 21.6. The van der Waals surface area contributed by atoms with Crippen LogP contribution in [0.2, 0.25) is 0 Å². The minimum absolute atomic E-state index is 0.0121. The molecule has 1 N–H and O–H groups in total. The van der Waals surface area contributed by atoms with E-state index in [2.05, 4.69) is 40.0 Å². The number of imidazole rings is 1. The normalized spacial score (nSPS) is 15.9. The molecule has 1 saturated heterocycles. The molecule has 6 heteroatoms. The predicted octanol–water partition coefficient (Wildman–Crippen LogP) is 5.33. The number of nitrogens with zero attached hydrogens (tertiary/aromatic N) is 2. The molecule has 1 atom stereocenters. The van der Waals surface area contributed by atoms with E-state index in [1.165, 1.54) is 11.8 Å². The van der Waals surface area contributed by atoms with Gasteiger partial charge < -0.3 is 14.6 Å². The molecule has 1 aromatic heterocycles. The number of amides is 1. The first-order valence-corrected chi connectivity index (χ1v) is 11.9. The summed E-state index contributed by atoms with van der Waals surface area (Å²) >= 11 is 1.48. The van der Waals surface area contributed by atoms with E-state index in [0.29, 0.717) is 5.75 Å². The molecule has 31 heavy (non-hydrogen) atoms. The van der Waals surface area contributed by atoms with E-state index in [0.717, 1.165) is 65.6 Å². The van der Waals surface area contributed by atoms with Crippen molar-refractivity contribution in [3.63, 3.8) is 0 Å². The number of rotatable bonds is 8. The highest BCUT2D eigenvalue weighted by Gasteiger charge is 2.21. The maximum Gasteiger partial charge on any atom is 0.234 e. The van der Waals surface area contributed by atoms with Crippen LogP contribution in [0.15, 0.2) is 59.9 Å². The highest BCUT2D eigenvalue weighted by atomic mass is 32.2. The van der Waals surface area contributed by atoms with Crippen LogP contribution in [0, 0.1) is 6.92 Å². The van der Waals surface area contributed by atoms with Crippen LogP contribution in [0.5, 0.6) is 0 Å². The molecule has 0 bridgehead atoms. The highest BCUT2D eigenvalue weighted by Crippen LogP contribution is 2.29. The summed E-state index contributed by atoms with van der Waals surface area (Å²) in [6, 6.07) is 16.4. The van der Waals surface area contributed by atoms with Gasteiger partial charge in [-0.3, -0.25) is 4.79 Å². The molecule has 0 spiro atoms. The number of aromatic nitrogens is 2. The minimum atomic E-state index is -0.0121. The number of benzene rings is 2. The average Bonchev–Trinajstić information content (AvgIpc) is 3.45. The second-order valence-electron chi connectivity index (χ2n) is 7.84. The fourth-order valence-corrected chi connectivity index (χ4v) is 4.78. The topological polar surface area (TPSA) is 56.2 Å². The summed E-state index contributed by atoms with van der Waals surface area (Å²) < 4.78 is 8.08. The van der Waals surface area contributed by atoms with Crippen LogP contribution < -0.4 is 5.32 Å². The van der Waals surface area contributed by atoms with Crippen molar-refractivity contribution in [2.75, 3.05) is 17.7 Å². The number of nitrogens with one attached hydrogen (secondary N) is 1. The Labute approximate surface area is 188 Å². The Morgan fingerprint density at radius 3 is 2.81 bits per heavy atom. The molecule has 1 aliphatic rings. The minimum Gasteiger partial charge on any atom is -0.376 e. The quantitative estimate of drug-likeness (QED) is 0.486. The van der Waals surface area contributed by atoms with Gasteiger partial charge >= 0.3 is 0 Å². The van der Waals surface area contributed by atoms with Crippen molar-refractivity contribution in [1.82, 2.24) is 9.55 Å². The van der Waals surface area contributed by atoms with Gasteiger partial charge in [-0.05, 0) is 42.9 Å². The molecule has 1 amide bonds. The lowest BCUT2D eigenvalue weighted by atomic mass is 10.1. The van der Waals surface area contributed by atoms with Crippen molar-refractivity contribution in [2.24, 2.45) is 0 Å². The van der Waals surface area contributed by atoms with E-state index < -0.39 is 0 Å². The van der Waals surface area contributed by atoms with Crippen LogP contribution in [0.1, 0.15) is 30.9 Å². The summed E-state index contributed by atoms with van der Waals surface area (Å²) in [5, 5.41) is 3.96. The van der Waals surface area contributed by atoms with Crippen molar-refractivity contribution >= 4 is 23.4 Å². The number of thioether (sulfide) groups is 1. The first-order valence-electron chi connectivity index (χ1n) is 10.9. The first kappa shape index (κ1) is 21.7. The summed E-state index contributed by atoms with van der Waals surface area (Å²) in [4.78, 5) is 17.4. The third kappa shape index (κ3) is 5.20. The Bertz CT molecular complexity index is 1030. The molecule has 1 fully saturated rings. The van der Waals surface area contributed by atoms with Crippen molar-refractivity contribution in [1.29, 1.82) is 0 Å². The van der Waals surface area contributed by atoms with Gasteiger partial charge in [-0.2, -0.15) is 0 Å².